The monoisotopic (exact) mass is 703 g/mol. The van der Waals surface area contributed by atoms with Crippen LogP contribution in [0, 0.1) is 0 Å². The highest BCUT2D eigenvalue weighted by molar-refractivity contribution is 6.16. The Morgan fingerprint density at radius 1 is 0.291 bits per heavy atom. The largest absolute Gasteiger partial charge is 0.456 e. The average Bonchev–Trinajstić information content (AvgIpc) is 3.82. The van der Waals surface area contributed by atoms with Crippen LogP contribution in [0.3, 0.4) is 0 Å². The molecule has 2 heterocycles. The third-order valence-corrected chi connectivity index (χ3v) is 10.9. The topological polar surface area (TPSA) is 29.5 Å². The third kappa shape index (κ3) is 5.28. The number of furan rings is 2. The Labute approximate surface area is 317 Å². The van der Waals surface area contributed by atoms with Gasteiger partial charge in [0.2, 0.25) is 0 Å². The quantitative estimate of drug-likeness (QED) is 0.173. The summed E-state index contributed by atoms with van der Waals surface area (Å²) in [5.41, 5.74) is 13.8. The predicted octanol–water partition coefficient (Wildman–Crippen LogP) is 15.1. The number of benzene rings is 9. The molecule has 258 valence electrons. The van der Waals surface area contributed by atoms with E-state index in [2.05, 4.69) is 193 Å². The molecule has 11 rings (SSSR count). The van der Waals surface area contributed by atoms with Crippen molar-refractivity contribution < 1.29 is 8.83 Å². The number of fused-ring (bicyclic) bond motifs is 7. The summed E-state index contributed by atoms with van der Waals surface area (Å²) >= 11 is 0. The molecular formula is C52H33NO2. The standard InChI is InChI=1S/C52H33NO2/c1-2-10-34(11-3-1)35-20-26-40(27-21-35)53(41-28-22-36(23-29-41)43-15-8-18-48-51(43)45-14-6-7-17-47(45)54-48)42-30-24-37(25-31-42)44-16-9-19-49-52(44)46-32-38-12-4-5-13-39(38)33-50(46)55-49/h1-33H. The average molecular weight is 704 g/mol. The van der Waals surface area contributed by atoms with Crippen molar-refractivity contribution in [2.45, 2.75) is 0 Å². The van der Waals surface area contributed by atoms with Crippen LogP contribution in [0.15, 0.2) is 209 Å². The first-order valence-electron chi connectivity index (χ1n) is 18.7. The molecule has 0 saturated carbocycles. The lowest BCUT2D eigenvalue weighted by Crippen LogP contribution is -2.09. The van der Waals surface area contributed by atoms with Crippen molar-refractivity contribution in [3.8, 4) is 33.4 Å². The van der Waals surface area contributed by atoms with Crippen LogP contribution >= 0.6 is 0 Å². The van der Waals surface area contributed by atoms with E-state index in [0.29, 0.717) is 0 Å². The zero-order valence-corrected chi connectivity index (χ0v) is 29.8. The van der Waals surface area contributed by atoms with E-state index in [4.69, 9.17) is 8.83 Å². The maximum absolute atomic E-state index is 6.41. The minimum atomic E-state index is 0.895. The van der Waals surface area contributed by atoms with Crippen molar-refractivity contribution in [1.29, 1.82) is 0 Å². The van der Waals surface area contributed by atoms with E-state index in [-0.39, 0.29) is 0 Å². The fraction of sp³-hybridized carbons (Fsp3) is 0. The lowest BCUT2D eigenvalue weighted by Gasteiger charge is -2.26. The molecule has 0 saturated heterocycles. The van der Waals surface area contributed by atoms with Gasteiger partial charge in [-0.1, -0.05) is 133 Å². The fourth-order valence-corrected chi connectivity index (χ4v) is 8.23. The van der Waals surface area contributed by atoms with Crippen LogP contribution in [0.5, 0.6) is 0 Å². The Morgan fingerprint density at radius 2 is 0.745 bits per heavy atom. The molecule has 2 aromatic heterocycles. The number of rotatable bonds is 6. The van der Waals surface area contributed by atoms with Crippen molar-refractivity contribution in [3.63, 3.8) is 0 Å². The molecule has 0 fully saturated rings. The van der Waals surface area contributed by atoms with E-state index < -0.39 is 0 Å². The number of hydrogen-bond acceptors (Lipinski definition) is 3. The number of anilines is 3. The smallest absolute Gasteiger partial charge is 0.136 e. The molecule has 0 N–H and O–H groups in total. The van der Waals surface area contributed by atoms with Gasteiger partial charge in [-0.2, -0.15) is 0 Å². The molecule has 3 nitrogen and oxygen atoms in total. The summed E-state index contributed by atoms with van der Waals surface area (Å²) in [6.45, 7) is 0. The summed E-state index contributed by atoms with van der Waals surface area (Å²) in [4.78, 5) is 2.33. The van der Waals surface area contributed by atoms with Crippen LogP contribution in [0.25, 0.3) is 88.0 Å². The molecule has 0 unspecified atom stereocenters. The lowest BCUT2D eigenvalue weighted by molar-refractivity contribution is 0.669. The van der Waals surface area contributed by atoms with Gasteiger partial charge in [0.15, 0.2) is 0 Å². The Bertz CT molecular complexity index is 3170. The second-order valence-electron chi connectivity index (χ2n) is 14.1. The highest BCUT2D eigenvalue weighted by atomic mass is 16.3. The minimum Gasteiger partial charge on any atom is -0.456 e. The van der Waals surface area contributed by atoms with Crippen molar-refractivity contribution in [2.75, 3.05) is 4.90 Å². The summed E-state index contributed by atoms with van der Waals surface area (Å²) in [7, 11) is 0. The molecule has 0 radical (unpaired) electrons. The molecule has 0 aliphatic carbocycles. The van der Waals surface area contributed by atoms with Crippen LogP contribution < -0.4 is 4.90 Å². The Morgan fingerprint density at radius 3 is 1.36 bits per heavy atom. The van der Waals surface area contributed by atoms with Crippen LogP contribution in [-0.4, -0.2) is 0 Å². The van der Waals surface area contributed by atoms with E-state index >= 15 is 0 Å². The molecule has 0 atom stereocenters. The summed E-state index contributed by atoms with van der Waals surface area (Å²) in [6, 6.07) is 71.0. The second-order valence-corrected chi connectivity index (χ2v) is 14.1. The van der Waals surface area contributed by atoms with Gasteiger partial charge in [-0.05, 0) is 111 Å². The van der Waals surface area contributed by atoms with Gasteiger partial charge in [0, 0.05) is 38.6 Å². The zero-order valence-electron chi connectivity index (χ0n) is 29.8. The molecule has 0 spiro atoms. The van der Waals surface area contributed by atoms with Crippen molar-refractivity contribution in [1.82, 2.24) is 0 Å². The van der Waals surface area contributed by atoms with Gasteiger partial charge in [0.05, 0.1) is 0 Å². The van der Waals surface area contributed by atoms with Crippen LogP contribution in [0.1, 0.15) is 0 Å². The van der Waals surface area contributed by atoms with Gasteiger partial charge in [-0.15, -0.1) is 0 Å². The first kappa shape index (κ1) is 31.2. The van der Waals surface area contributed by atoms with E-state index in [1.807, 2.05) is 12.1 Å². The third-order valence-electron chi connectivity index (χ3n) is 10.9. The van der Waals surface area contributed by atoms with Crippen molar-refractivity contribution in [2.24, 2.45) is 0 Å². The molecule has 11 aromatic rings. The highest BCUT2D eigenvalue weighted by Crippen LogP contribution is 2.42. The number of nitrogens with zero attached hydrogens (tertiary/aromatic N) is 1. The summed E-state index contributed by atoms with van der Waals surface area (Å²) in [6.07, 6.45) is 0. The first-order valence-corrected chi connectivity index (χ1v) is 18.7. The van der Waals surface area contributed by atoms with Gasteiger partial charge in [0.25, 0.3) is 0 Å². The molecular weight excluding hydrogens is 671 g/mol. The van der Waals surface area contributed by atoms with Crippen LogP contribution in [-0.2, 0) is 0 Å². The molecule has 55 heavy (non-hydrogen) atoms. The van der Waals surface area contributed by atoms with E-state index in [9.17, 15) is 0 Å². The fourth-order valence-electron chi connectivity index (χ4n) is 8.23. The zero-order chi connectivity index (χ0) is 36.3. The molecule has 0 aliphatic heterocycles. The molecule has 3 heteroatoms. The summed E-state index contributed by atoms with van der Waals surface area (Å²) < 4.78 is 12.6. The predicted molar refractivity (Wildman–Crippen MR) is 229 cm³/mol. The van der Waals surface area contributed by atoms with E-state index in [1.54, 1.807) is 0 Å². The Hall–Kier alpha value is -7.36. The maximum Gasteiger partial charge on any atom is 0.136 e. The van der Waals surface area contributed by atoms with Crippen molar-refractivity contribution >= 4 is 71.7 Å². The first-order chi connectivity index (χ1) is 27.2. The van der Waals surface area contributed by atoms with Crippen molar-refractivity contribution in [3.05, 3.63) is 200 Å². The van der Waals surface area contributed by atoms with Gasteiger partial charge in [0.1, 0.15) is 22.3 Å². The van der Waals surface area contributed by atoms with Gasteiger partial charge in [-0.3, -0.25) is 0 Å². The Kier molecular flexibility index (Phi) is 7.17. The van der Waals surface area contributed by atoms with Gasteiger partial charge < -0.3 is 13.7 Å². The van der Waals surface area contributed by atoms with Crippen LogP contribution in [0.4, 0.5) is 17.1 Å². The van der Waals surface area contributed by atoms with Gasteiger partial charge >= 0.3 is 0 Å². The maximum atomic E-state index is 6.41. The van der Waals surface area contributed by atoms with E-state index in [0.717, 1.165) is 83.2 Å². The molecule has 0 amide bonds. The second kappa shape index (κ2) is 12.6. The number of para-hydroxylation sites is 1. The van der Waals surface area contributed by atoms with E-state index in [1.165, 1.54) is 21.9 Å². The minimum absolute atomic E-state index is 0.895. The Balaban J connectivity index is 1.01. The normalized spacial score (nSPS) is 11.6. The van der Waals surface area contributed by atoms with Crippen LogP contribution in [0.2, 0.25) is 0 Å². The SMILES string of the molecule is c1ccc(-c2ccc(N(c3ccc(-c4cccc5oc6ccccc6c45)cc3)c3ccc(-c4cccc5oc6cc7ccccc7cc6c45)cc3)cc2)cc1. The van der Waals surface area contributed by atoms with Gasteiger partial charge in [-0.25, -0.2) is 0 Å². The summed E-state index contributed by atoms with van der Waals surface area (Å²) in [5.74, 6) is 0. The number of hydrogen-bond donors (Lipinski definition) is 0. The molecule has 0 bridgehead atoms. The lowest BCUT2D eigenvalue weighted by atomic mass is 9.97. The molecule has 0 aliphatic rings. The molecule has 9 aromatic carbocycles. The highest BCUT2D eigenvalue weighted by Gasteiger charge is 2.18. The summed E-state index contributed by atoms with van der Waals surface area (Å²) in [5, 5.41) is 6.93.